The Balaban J connectivity index is 4.46. The van der Waals surface area contributed by atoms with Gasteiger partial charge in [0.05, 0.1) is 0 Å². The molecule has 0 aliphatic carbocycles. The quantitative estimate of drug-likeness (QED) is 0.157. The second-order valence-corrected chi connectivity index (χ2v) is 14.4. The summed E-state index contributed by atoms with van der Waals surface area (Å²) in [6.07, 6.45) is 26.9. The maximum atomic E-state index is 2.58. The summed E-state index contributed by atoms with van der Waals surface area (Å²) in [5.74, 6) is 0. The molecule has 0 heterocycles. The summed E-state index contributed by atoms with van der Waals surface area (Å²) in [6, 6.07) is 0. The van der Waals surface area contributed by atoms with Crippen LogP contribution in [-0.4, -0.2) is 24.1 Å². The van der Waals surface area contributed by atoms with Crippen LogP contribution in [0.3, 0.4) is 0 Å². The fourth-order valence-electron chi connectivity index (χ4n) is 4.48. The van der Waals surface area contributed by atoms with Gasteiger partial charge in [-0.05, 0) is 0 Å². The van der Waals surface area contributed by atoms with Crippen molar-refractivity contribution in [3.63, 3.8) is 0 Å². The van der Waals surface area contributed by atoms with Crippen LogP contribution in [0, 0.1) is 0 Å². The predicted molar refractivity (Wildman–Crippen MR) is 124 cm³/mol. The Morgan fingerprint density at radius 2 is 0.720 bits per heavy atom. The zero-order chi connectivity index (χ0) is 18.8. The molecule has 0 spiro atoms. The third kappa shape index (κ3) is 13.3. The van der Waals surface area contributed by atoms with Crippen molar-refractivity contribution in [3.8, 4) is 0 Å². The predicted octanol–water partition coefficient (Wildman–Crippen LogP) is 9.06. The molecular weight excluding hydrogens is 319 g/mol. The molecule has 0 saturated carbocycles. The van der Waals surface area contributed by atoms with Gasteiger partial charge in [-0.1, -0.05) is 0 Å². The summed E-state index contributed by atoms with van der Waals surface area (Å²) in [7, 11) is -1.05. The molecule has 154 valence electrons. The fourth-order valence-corrected chi connectivity index (χ4v) is 9.83. The molecule has 0 saturated heterocycles. The number of hydrogen-bond donors (Lipinski definition) is 0. The zero-order valence-corrected chi connectivity index (χ0v) is 19.8. The van der Waals surface area contributed by atoms with Crippen molar-refractivity contribution in [2.45, 2.75) is 137 Å². The second-order valence-electron chi connectivity index (χ2n) is 9.01. The molecular formula is C24H53P. The summed E-state index contributed by atoms with van der Waals surface area (Å²) in [4.78, 5) is 0. The summed E-state index contributed by atoms with van der Waals surface area (Å²) < 4.78 is 0. The van der Waals surface area contributed by atoms with E-state index in [-0.39, 0.29) is 0 Å². The molecule has 0 aromatic heterocycles. The van der Waals surface area contributed by atoms with Crippen LogP contribution in [0.4, 0.5) is 0 Å². The van der Waals surface area contributed by atoms with Crippen molar-refractivity contribution < 1.29 is 0 Å². The van der Waals surface area contributed by atoms with Crippen LogP contribution in [-0.2, 0) is 0 Å². The topological polar surface area (TPSA) is 0 Å². The van der Waals surface area contributed by atoms with Crippen LogP contribution in [0.5, 0.6) is 0 Å². The summed E-state index contributed by atoms with van der Waals surface area (Å²) in [6.45, 7) is 12.2. The van der Waals surface area contributed by atoms with E-state index in [4.69, 9.17) is 0 Å². The Kier molecular flexibility index (Phi) is 18.1. The monoisotopic (exact) mass is 372 g/mol. The van der Waals surface area contributed by atoms with Gasteiger partial charge in [0, 0.05) is 0 Å². The molecule has 0 aromatic carbocycles. The molecule has 0 amide bonds. The fraction of sp³-hybridized carbons (Fsp3) is 1.00. The van der Waals surface area contributed by atoms with Crippen LogP contribution in [0.1, 0.15) is 131 Å². The Hall–Kier alpha value is 0.430. The molecule has 0 N–H and O–H groups in total. The van der Waals surface area contributed by atoms with E-state index in [1.807, 2.05) is 0 Å². The van der Waals surface area contributed by atoms with Crippen LogP contribution in [0.25, 0.3) is 0 Å². The molecule has 0 unspecified atom stereocenters. The molecule has 25 heavy (non-hydrogen) atoms. The van der Waals surface area contributed by atoms with Crippen molar-refractivity contribution in [1.82, 2.24) is 0 Å². The summed E-state index contributed by atoms with van der Waals surface area (Å²) in [5.41, 5.74) is 0.996. The Morgan fingerprint density at radius 1 is 0.440 bits per heavy atom. The summed E-state index contributed by atoms with van der Waals surface area (Å²) >= 11 is 0. The van der Waals surface area contributed by atoms with E-state index in [0.717, 1.165) is 5.66 Å². The van der Waals surface area contributed by atoms with E-state index >= 15 is 0 Å². The molecule has 0 fully saturated rings. The zero-order valence-electron chi connectivity index (χ0n) is 18.8. The number of rotatable bonds is 19. The van der Waals surface area contributed by atoms with Gasteiger partial charge in [0.25, 0.3) is 0 Å². The number of hydrogen-bond acceptors (Lipinski definition) is 0. The van der Waals surface area contributed by atoms with Crippen LogP contribution < -0.4 is 0 Å². The average Bonchev–Trinajstić information content (AvgIpc) is 2.60. The van der Waals surface area contributed by atoms with Gasteiger partial charge < -0.3 is 0 Å². The Bertz CT molecular complexity index is 223. The molecule has 0 aliphatic heterocycles. The first-order valence-corrected chi connectivity index (χ1v) is 14.8. The summed E-state index contributed by atoms with van der Waals surface area (Å²) in [5, 5.41) is 0. The van der Waals surface area contributed by atoms with E-state index in [2.05, 4.69) is 34.6 Å². The van der Waals surface area contributed by atoms with Gasteiger partial charge in [-0.2, -0.15) is 0 Å². The van der Waals surface area contributed by atoms with Gasteiger partial charge in [-0.15, -0.1) is 0 Å². The van der Waals surface area contributed by atoms with Crippen molar-refractivity contribution in [1.29, 1.82) is 0 Å². The van der Waals surface area contributed by atoms with Crippen molar-refractivity contribution >= 4 is 7.26 Å². The Labute approximate surface area is 162 Å². The van der Waals surface area contributed by atoms with Gasteiger partial charge in [0.15, 0.2) is 0 Å². The average molecular weight is 373 g/mol. The first kappa shape index (κ1) is 25.4. The van der Waals surface area contributed by atoms with Crippen LogP contribution in [0.2, 0.25) is 0 Å². The molecule has 0 aliphatic rings. The second kappa shape index (κ2) is 17.8. The van der Waals surface area contributed by atoms with Gasteiger partial charge in [0.2, 0.25) is 0 Å². The van der Waals surface area contributed by atoms with Crippen molar-refractivity contribution in [3.05, 3.63) is 0 Å². The normalized spacial score (nSPS) is 12.9. The van der Waals surface area contributed by atoms with Crippen LogP contribution in [0.15, 0.2) is 0 Å². The minimum atomic E-state index is -1.05. The first-order valence-electron chi connectivity index (χ1n) is 12.1. The molecule has 0 nitrogen and oxygen atoms in total. The third-order valence-electron chi connectivity index (χ3n) is 6.56. The van der Waals surface area contributed by atoms with Gasteiger partial charge in [-0.25, -0.2) is 0 Å². The first-order chi connectivity index (χ1) is 12.1. The van der Waals surface area contributed by atoms with E-state index in [9.17, 15) is 0 Å². The van der Waals surface area contributed by atoms with Gasteiger partial charge >= 0.3 is 162 Å². The maximum absolute atomic E-state index is 2.58. The molecule has 0 atom stereocenters. The van der Waals surface area contributed by atoms with Crippen molar-refractivity contribution in [2.24, 2.45) is 0 Å². The van der Waals surface area contributed by atoms with Gasteiger partial charge in [0.1, 0.15) is 0 Å². The van der Waals surface area contributed by atoms with E-state index in [0.29, 0.717) is 0 Å². The third-order valence-corrected chi connectivity index (χ3v) is 13.1. The molecule has 0 radical (unpaired) electrons. The van der Waals surface area contributed by atoms with Crippen LogP contribution >= 0.6 is 7.26 Å². The minimum absolute atomic E-state index is 0.996. The van der Waals surface area contributed by atoms with Crippen molar-refractivity contribution in [2.75, 3.05) is 18.5 Å². The SMILES string of the molecule is CCCCCCC[PH](CCCCCCC)(CCCCCCC)C(C)C. The standard InChI is InChI=1S/C24H53P/c1-6-9-12-15-18-21-25(24(4)5,22-19-16-13-10-7-2)23-20-17-14-11-8-3/h24-25H,6-23H2,1-5H3. The number of unbranched alkanes of at least 4 members (excludes halogenated alkanes) is 12. The molecule has 0 aromatic rings. The molecule has 1 heteroatoms. The van der Waals surface area contributed by atoms with E-state index in [1.165, 1.54) is 96.3 Å². The van der Waals surface area contributed by atoms with E-state index in [1.54, 1.807) is 18.5 Å². The van der Waals surface area contributed by atoms with Gasteiger partial charge in [-0.3, -0.25) is 0 Å². The Morgan fingerprint density at radius 3 is 0.960 bits per heavy atom. The molecule has 0 bridgehead atoms. The molecule has 0 rings (SSSR count). The van der Waals surface area contributed by atoms with E-state index < -0.39 is 7.26 Å².